The third-order valence-electron chi connectivity index (χ3n) is 5.72. The number of amides is 1. The van der Waals surface area contributed by atoms with Crippen molar-refractivity contribution in [2.24, 2.45) is 10.9 Å². The Hall–Kier alpha value is -2.38. The van der Waals surface area contributed by atoms with Crippen molar-refractivity contribution in [3.05, 3.63) is 24.1 Å². The van der Waals surface area contributed by atoms with E-state index in [2.05, 4.69) is 20.6 Å². The van der Waals surface area contributed by atoms with Gasteiger partial charge in [0.05, 0.1) is 0 Å². The van der Waals surface area contributed by atoms with Gasteiger partial charge >= 0.3 is 0 Å². The number of aliphatic imine (C=N–C) groups is 1. The minimum atomic E-state index is -0.297. The van der Waals surface area contributed by atoms with Crippen LogP contribution in [-0.2, 0) is 4.79 Å². The summed E-state index contributed by atoms with van der Waals surface area (Å²) in [6.07, 6.45) is 8.87. The summed E-state index contributed by atoms with van der Waals surface area (Å²) in [4.78, 5) is 24.2. The van der Waals surface area contributed by atoms with Crippen LogP contribution in [0.5, 0.6) is 0 Å². The van der Waals surface area contributed by atoms with Gasteiger partial charge in [0, 0.05) is 46.0 Å². The molecule has 8 heteroatoms. The van der Waals surface area contributed by atoms with Gasteiger partial charge in [0.15, 0.2) is 17.6 Å². The van der Waals surface area contributed by atoms with Crippen molar-refractivity contribution in [3.8, 4) is 0 Å². The summed E-state index contributed by atoms with van der Waals surface area (Å²) in [5.41, 5.74) is 0. The number of rotatable bonds is 6. The molecule has 1 amide bonds. The van der Waals surface area contributed by atoms with Crippen molar-refractivity contribution >= 4 is 17.7 Å². The Morgan fingerprint density at radius 3 is 2.83 bits per heavy atom. The predicted octanol–water partition coefficient (Wildman–Crippen LogP) is 2.00. The molecule has 2 heterocycles. The lowest BCUT2D eigenvalue weighted by atomic mass is 9.89. The van der Waals surface area contributed by atoms with Crippen molar-refractivity contribution in [3.63, 3.8) is 0 Å². The van der Waals surface area contributed by atoms with Crippen LogP contribution in [0.25, 0.3) is 0 Å². The first-order valence-corrected chi connectivity index (χ1v) is 10.6. The third kappa shape index (κ3) is 6.30. The summed E-state index contributed by atoms with van der Waals surface area (Å²) < 4.78 is 14.0. The van der Waals surface area contributed by atoms with Gasteiger partial charge in [-0.15, -0.1) is 0 Å². The highest BCUT2D eigenvalue weighted by Gasteiger charge is 2.26. The number of hydrogen-bond donors (Lipinski definition) is 2. The molecule has 0 spiro atoms. The minimum absolute atomic E-state index is 0.0348. The molecule has 1 aromatic rings. The van der Waals surface area contributed by atoms with Gasteiger partial charge in [-0.05, 0) is 37.3 Å². The lowest BCUT2D eigenvalue weighted by Gasteiger charge is -2.24. The molecule has 1 aliphatic carbocycles. The average Bonchev–Trinajstić information content (AvgIpc) is 3.19. The fraction of sp³-hybridized carbons (Fsp3) is 0.667. The summed E-state index contributed by atoms with van der Waals surface area (Å²) >= 11 is 0. The van der Waals surface area contributed by atoms with E-state index in [9.17, 15) is 9.18 Å². The molecule has 0 bridgehead atoms. The van der Waals surface area contributed by atoms with Crippen LogP contribution in [0, 0.1) is 11.7 Å². The second kappa shape index (κ2) is 10.4. The Kier molecular flexibility index (Phi) is 7.66. The predicted molar refractivity (Wildman–Crippen MR) is 114 cm³/mol. The van der Waals surface area contributed by atoms with Crippen molar-refractivity contribution in [1.82, 2.24) is 20.5 Å². The van der Waals surface area contributed by atoms with Gasteiger partial charge in [-0.1, -0.05) is 19.3 Å². The summed E-state index contributed by atoms with van der Waals surface area (Å²) in [7, 11) is 3.47. The quantitative estimate of drug-likeness (QED) is 0.561. The second-order valence-corrected chi connectivity index (χ2v) is 8.22. The van der Waals surface area contributed by atoms with E-state index < -0.39 is 0 Å². The third-order valence-corrected chi connectivity index (χ3v) is 5.72. The Bertz CT molecular complexity index is 704. The molecule has 3 rings (SSSR count). The summed E-state index contributed by atoms with van der Waals surface area (Å²) in [6, 6.07) is 3.17. The van der Waals surface area contributed by atoms with Gasteiger partial charge in [-0.25, -0.2) is 14.4 Å². The molecule has 1 aliphatic heterocycles. The highest BCUT2D eigenvalue weighted by molar-refractivity contribution is 5.85. The van der Waals surface area contributed by atoms with Crippen LogP contribution in [0.1, 0.15) is 38.5 Å². The first-order chi connectivity index (χ1) is 14.0. The van der Waals surface area contributed by atoms with Crippen LogP contribution in [0.15, 0.2) is 23.3 Å². The number of carbonyl (C=O) groups is 1. The highest BCUT2D eigenvalue weighted by atomic mass is 19.1. The normalized spacial score (nSPS) is 20.6. The molecule has 1 saturated carbocycles. The number of likely N-dealkylation sites (N-methyl/N-ethyl adjacent to an activating group) is 1. The number of halogens is 1. The largest absolute Gasteiger partial charge is 0.356 e. The summed E-state index contributed by atoms with van der Waals surface area (Å²) in [5, 5.41) is 6.88. The molecule has 29 heavy (non-hydrogen) atoms. The molecule has 0 radical (unpaired) electrons. The molecule has 1 atom stereocenters. The highest BCUT2D eigenvalue weighted by Crippen LogP contribution is 2.23. The summed E-state index contributed by atoms with van der Waals surface area (Å²) in [6.45, 7) is 2.36. The standard InChI is InChI=1S/C21H33FN6O/c1-27(2)19(29)14-25-21(24-13-16-7-4-3-5-8-16)26-17-10-12-28(15-17)20-18(22)9-6-11-23-20/h6,9,11,16-17H,3-5,7-8,10,12-15H2,1-2H3,(H2,24,25,26). The molecular formula is C21H33FN6O. The van der Waals surface area contributed by atoms with E-state index in [0.717, 1.165) is 19.5 Å². The lowest BCUT2D eigenvalue weighted by Crippen LogP contribution is -2.46. The van der Waals surface area contributed by atoms with Crippen LogP contribution in [0.3, 0.4) is 0 Å². The molecule has 2 aliphatic rings. The lowest BCUT2D eigenvalue weighted by molar-refractivity contribution is -0.127. The number of nitrogens with zero attached hydrogens (tertiary/aromatic N) is 4. The van der Waals surface area contributed by atoms with E-state index in [1.54, 1.807) is 31.3 Å². The number of hydrogen-bond acceptors (Lipinski definition) is 4. The molecule has 2 N–H and O–H groups in total. The molecule has 0 aromatic carbocycles. The molecule has 160 valence electrons. The van der Waals surface area contributed by atoms with Gasteiger partial charge in [0.25, 0.3) is 0 Å². The van der Waals surface area contributed by atoms with E-state index in [0.29, 0.717) is 24.2 Å². The smallest absolute Gasteiger partial charge is 0.243 e. The zero-order valence-electron chi connectivity index (χ0n) is 17.5. The van der Waals surface area contributed by atoms with Crippen molar-refractivity contribution in [1.29, 1.82) is 0 Å². The van der Waals surface area contributed by atoms with Crippen LogP contribution >= 0.6 is 0 Å². The van der Waals surface area contributed by atoms with E-state index >= 15 is 0 Å². The molecule has 7 nitrogen and oxygen atoms in total. The first kappa shape index (κ1) is 21.3. The maximum atomic E-state index is 14.0. The maximum absolute atomic E-state index is 14.0. The Labute approximate surface area is 172 Å². The Balaban J connectivity index is 1.58. The number of nitrogens with one attached hydrogen (secondary N) is 2. The van der Waals surface area contributed by atoms with Crippen molar-refractivity contribution < 1.29 is 9.18 Å². The fourth-order valence-corrected chi connectivity index (χ4v) is 3.95. The topological polar surface area (TPSA) is 72.9 Å². The monoisotopic (exact) mass is 404 g/mol. The van der Waals surface area contributed by atoms with Gasteiger partial charge in [-0.2, -0.15) is 0 Å². The van der Waals surface area contributed by atoms with Crippen LogP contribution in [-0.4, -0.2) is 68.1 Å². The van der Waals surface area contributed by atoms with E-state index in [-0.39, 0.29) is 24.3 Å². The van der Waals surface area contributed by atoms with E-state index in [1.807, 2.05) is 4.90 Å². The SMILES string of the molecule is CN(C)C(=O)CN=C(NCC1CCCCC1)NC1CCN(c2ncccc2F)C1. The minimum Gasteiger partial charge on any atom is -0.356 e. The fourth-order valence-electron chi connectivity index (χ4n) is 3.95. The van der Waals surface area contributed by atoms with E-state index in [1.165, 1.54) is 38.2 Å². The van der Waals surface area contributed by atoms with Gasteiger partial charge in [-0.3, -0.25) is 4.79 Å². The zero-order chi connectivity index (χ0) is 20.6. The van der Waals surface area contributed by atoms with Gasteiger partial charge in [0.1, 0.15) is 6.54 Å². The van der Waals surface area contributed by atoms with Crippen LogP contribution in [0.4, 0.5) is 10.2 Å². The number of pyridine rings is 1. The first-order valence-electron chi connectivity index (χ1n) is 10.6. The number of guanidine groups is 1. The van der Waals surface area contributed by atoms with E-state index in [4.69, 9.17) is 0 Å². The second-order valence-electron chi connectivity index (χ2n) is 8.22. The van der Waals surface area contributed by atoms with Crippen molar-refractivity contribution in [2.45, 2.75) is 44.6 Å². The van der Waals surface area contributed by atoms with Crippen LogP contribution < -0.4 is 15.5 Å². The summed E-state index contributed by atoms with van der Waals surface area (Å²) in [5.74, 6) is 1.39. The number of aromatic nitrogens is 1. The maximum Gasteiger partial charge on any atom is 0.243 e. The average molecular weight is 405 g/mol. The Morgan fingerprint density at radius 2 is 2.10 bits per heavy atom. The zero-order valence-corrected chi connectivity index (χ0v) is 17.5. The van der Waals surface area contributed by atoms with Crippen LogP contribution in [0.2, 0.25) is 0 Å². The molecule has 1 aromatic heterocycles. The Morgan fingerprint density at radius 1 is 1.31 bits per heavy atom. The molecule has 2 fully saturated rings. The molecular weight excluding hydrogens is 371 g/mol. The molecule has 1 unspecified atom stereocenters. The van der Waals surface area contributed by atoms with Crippen molar-refractivity contribution in [2.75, 3.05) is 45.2 Å². The number of anilines is 1. The van der Waals surface area contributed by atoms with Gasteiger partial charge < -0.3 is 20.4 Å². The molecule has 1 saturated heterocycles. The van der Waals surface area contributed by atoms with Gasteiger partial charge in [0.2, 0.25) is 5.91 Å². The number of carbonyl (C=O) groups excluding carboxylic acids is 1.